The molecule has 16 heavy (non-hydrogen) atoms. The van der Waals surface area contributed by atoms with E-state index in [9.17, 15) is 4.79 Å². The van der Waals surface area contributed by atoms with Crippen LogP contribution in [0.15, 0.2) is 0 Å². The highest BCUT2D eigenvalue weighted by Crippen LogP contribution is 2.06. The third-order valence-electron chi connectivity index (χ3n) is 3.31. The van der Waals surface area contributed by atoms with Crippen molar-refractivity contribution >= 4 is 5.91 Å². The third-order valence-corrected chi connectivity index (χ3v) is 3.31. The van der Waals surface area contributed by atoms with Gasteiger partial charge in [0.05, 0.1) is 6.04 Å². The van der Waals surface area contributed by atoms with Gasteiger partial charge in [0.1, 0.15) is 0 Å². The molecule has 0 aromatic heterocycles. The summed E-state index contributed by atoms with van der Waals surface area (Å²) in [5.41, 5.74) is 0. The van der Waals surface area contributed by atoms with Crippen LogP contribution in [0.1, 0.15) is 47.5 Å². The smallest absolute Gasteiger partial charge is 0.239 e. The summed E-state index contributed by atoms with van der Waals surface area (Å²) >= 11 is 0. The van der Waals surface area contributed by atoms with Gasteiger partial charge in [-0.25, -0.2) is 0 Å². The first-order valence-electron chi connectivity index (χ1n) is 6.62. The molecule has 3 nitrogen and oxygen atoms in total. The highest BCUT2D eigenvalue weighted by molar-refractivity contribution is 5.81. The fourth-order valence-electron chi connectivity index (χ4n) is 1.82. The average molecular weight is 228 g/mol. The fourth-order valence-corrected chi connectivity index (χ4v) is 1.82. The predicted molar refractivity (Wildman–Crippen MR) is 69.5 cm³/mol. The number of rotatable bonds is 8. The molecule has 0 aliphatic rings. The number of nitrogens with one attached hydrogen (secondary N) is 1. The van der Waals surface area contributed by atoms with E-state index in [0.717, 1.165) is 19.6 Å². The van der Waals surface area contributed by atoms with E-state index in [1.54, 1.807) is 0 Å². The first-order chi connectivity index (χ1) is 7.60. The van der Waals surface area contributed by atoms with E-state index in [4.69, 9.17) is 0 Å². The van der Waals surface area contributed by atoms with Crippen LogP contribution in [0.5, 0.6) is 0 Å². The van der Waals surface area contributed by atoms with Gasteiger partial charge in [-0.1, -0.05) is 26.7 Å². The Bertz CT molecular complexity index is 186. The van der Waals surface area contributed by atoms with E-state index in [1.807, 2.05) is 25.7 Å². The van der Waals surface area contributed by atoms with Crippen molar-refractivity contribution in [3.63, 3.8) is 0 Å². The maximum Gasteiger partial charge on any atom is 0.239 e. The Hall–Kier alpha value is -0.570. The van der Waals surface area contributed by atoms with Gasteiger partial charge < -0.3 is 10.2 Å². The number of likely N-dealkylation sites (N-methyl/N-ethyl adjacent to an activating group) is 1. The molecule has 0 aliphatic carbocycles. The van der Waals surface area contributed by atoms with Gasteiger partial charge in [0.25, 0.3) is 0 Å². The Morgan fingerprint density at radius 3 is 2.00 bits per heavy atom. The predicted octanol–water partition coefficient (Wildman–Crippen LogP) is 2.27. The van der Waals surface area contributed by atoms with E-state index in [2.05, 4.69) is 19.2 Å². The standard InChI is InChI=1S/C13H28N2O/c1-6-12(7-2)10-14-11(5)13(16)15(8-3)9-4/h11-12,14H,6-10H2,1-5H3. The van der Waals surface area contributed by atoms with Crippen molar-refractivity contribution in [2.24, 2.45) is 5.92 Å². The van der Waals surface area contributed by atoms with Crippen molar-refractivity contribution in [2.75, 3.05) is 19.6 Å². The number of carbonyl (C=O) groups excluding carboxylic acids is 1. The van der Waals surface area contributed by atoms with Crippen molar-refractivity contribution in [2.45, 2.75) is 53.5 Å². The second-order valence-corrected chi connectivity index (χ2v) is 4.32. The van der Waals surface area contributed by atoms with E-state index < -0.39 is 0 Å². The summed E-state index contributed by atoms with van der Waals surface area (Å²) < 4.78 is 0. The van der Waals surface area contributed by atoms with Gasteiger partial charge in [-0.2, -0.15) is 0 Å². The zero-order valence-corrected chi connectivity index (χ0v) is 11.5. The molecule has 96 valence electrons. The number of nitrogens with zero attached hydrogens (tertiary/aromatic N) is 1. The first-order valence-corrected chi connectivity index (χ1v) is 6.62. The third kappa shape index (κ3) is 4.97. The average Bonchev–Trinajstić information content (AvgIpc) is 2.31. The molecule has 0 radical (unpaired) electrons. The van der Waals surface area contributed by atoms with Gasteiger partial charge in [0, 0.05) is 13.1 Å². The van der Waals surface area contributed by atoms with Crippen molar-refractivity contribution in [1.29, 1.82) is 0 Å². The Kier molecular flexibility index (Phi) is 8.26. The van der Waals surface area contributed by atoms with Crippen LogP contribution in [0.4, 0.5) is 0 Å². The number of amides is 1. The van der Waals surface area contributed by atoms with E-state index in [0.29, 0.717) is 5.92 Å². The summed E-state index contributed by atoms with van der Waals surface area (Å²) in [7, 11) is 0. The minimum absolute atomic E-state index is 0.0551. The van der Waals surface area contributed by atoms with E-state index >= 15 is 0 Å². The second kappa shape index (κ2) is 8.57. The second-order valence-electron chi connectivity index (χ2n) is 4.32. The minimum Gasteiger partial charge on any atom is -0.342 e. The SMILES string of the molecule is CCC(CC)CNC(C)C(=O)N(CC)CC. The molecule has 1 unspecified atom stereocenters. The van der Waals surface area contributed by atoms with Crippen LogP contribution < -0.4 is 5.32 Å². The highest BCUT2D eigenvalue weighted by atomic mass is 16.2. The molecule has 0 aromatic carbocycles. The van der Waals surface area contributed by atoms with Crippen LogP contribution >= 0.6 is 0 Å². The molecule has 0 spiro atoms. The molecule has 0 saturated heterocycles. The number of hydrogen-bond acceptors (Lipinski definition) is 2. The molecule has 0 saturated carbocycles. The van der Waals surface area contributed by atoms with Crippen LogP contribution in [0.2, 0.25) is 0 Å². The minimum atomic E-state index is -0.0551. The van der Waals surface area contributed by atoms with E-state index in [1.165, 1.54) is 12.8 Å². The zero-order chi connectivity index (χ0) is 12.6. The van der Waals surface area contributed by atoms with Crippen LogP contribution in [0.3, 0.4) is 0 Å². The van der Waals surface area contributed by atoms with Crippen molar-refractivity contribution < 1.29 is 4.79 Å². The molecule has 3 heteroatoms. The molecular formula is C13H28N2O. The van der Waals surface area contributed by atoms with Crippen molar-refractivity contribution in [1.82, 2.24) is 10.2 Å². The van der Waals surface area contributed by atoms with Gasteiger partial charge >= 0.3 is 0 Å². The summed E-state index contributed by atoms with van der Waals surface area (Å²) in [6.07, 6.45) is 2.35. The molecule has 0 heterocycles. The van der Waals surface area contributed by atoms with Gasteiger partial charge in [0.2, 0.25) is 5.91 Å². The molecule has 1 N–H and O–H groups in total. The first kappa shape index (κ1) is 15.4. The molecule has 0 rings (SSSR count). The molecule has 0 aliphatic heterocycles. The Balaban J connectivity index is 4.04. The summed E-state index contributed by atoms with van der Waals surface area (Å²) in [6.45, 7) is 13.0. The molecular weight excluding hydrogens is 200 g/mol. The summed E-state index contributed by atoms with van der Waals surface area (Å²) in [5.74, 6) is 0.905. The Labute approximate surface area is 101 Å². The maximum absolute atomic E-state index is 12.0. The largest absolute Gasteiger partial charge is 0.342 e. The summed E-state index contributed by atoms with van der Waals surface area (Å²) in [4.78, 5) is 13.8. The van der Waals surface area contributed by atoms with Gasteiger partial charge in [-0.15, -0.1) is 0 Å². The lowest BCUT2D eigenvalue weighted by Gasteiger charge is -2.24. The highest BCUT2D eigenvalue weighted by Gasteiger charge is 2.18. The topological polar surface area (TPSA) is 32.3 Å². The zero-order valence-electron chi connectivity index (χ0n) is 11.5. The van der Waals surface area contributed by atoms with Crippen molar-refractivity contribution in [3.05, 3.63) is 0 Å². The van der Waals surface area contributed by atoms with Crippen LogP contribution in [0, 0.1) is 5.92 Å². The van der Waals surface area contributed by atoms with Crippen LogP contribution in [0.25, 0.3) is 0 Å². The lowest BCUT2D eigenvalue weighted by atomic mass is 10.0. The molecule has 0 fully saturated rings. The Morgan fingerprint density at radius 2 is 1.62 bits per heavy atom. The molecule has 0 bridgehead atoms. The summed E-state index contributed by atoms with van der Waals surface area (Å²) in [6, 6.07) is -0.0551. The summed E-state index contributed by atoms with van der Waals surface area (Å²) in [5, 5.41) is 3.34. The van der Waals surface area contributed by atoms with Crippen LogP contribution in [-0.4, -0.2) is 36.5 Å². The lowest BCUT2D eigenvalue weighted by molar-refractivity contribution is -0.132. The van der Waals surface area contributed by atoms with Gasteiger partial charge in [-0.05, 0) is 33.2 Å². The molecule has 1 atom stereocenters. The lowest BCUT2D eigenvalue weighted by Crippen LogP contribution is -2.45. The van der Waals surface area contributed by atoms with Gasteiger partial charge in [-0.3, -0.25) is 4.79 Å². The normalized spacial score (nSPS) is 12.9. The molecule has 0 aromatic rings. The number of carbonyl (C=O) groups is 1. The fraction of sp³-hybridized carbons (Fsp3) is 0.923. The maximum atomic E-state index is 12.0. The van der Waals surface area contributed by atoms with Gasteiger partial charge in [0.15, 0.2) is 0 Å². The monoisotopic (exact) mass is 228 g/mol. The van der Waals surface area contributed by atoms with E-state index in [-0.39, 0.29) is 11.9 Å². The van der Waals surface area contributed by atoms with Crippen LogP contribution in [-0.2, 0) is 4.79 Å². The number of hydrogen-bond donors (Lipinski definition) is 1. The van der Waals surface area contributed by atoms with Crippen molar-refractivity contribution in [3.8, 4) is 0 Å². The quantitative estimate of drug-likeness (QED) is 0.691. The molecule has 1 amide bonds. The Morgan fingerprint density at radius 1 is 1.12 bits per heavy atom.